The number of aliphatic hydroxyl groups excluding tert-OH is 6. The molecule has 6 rings (SSSR count). The van der Waals surface area contributed by atoms with Crippen molar-refractivity contribution in [2.45, 2.75) is 102 Å². The van der Waals surface area contributed by atoms with E-state index in [2.05, 4.69) is 19.9 Å². The summed E-state index contributed by atoms with van der Waals surface area (Å²) in [6.07, 6.45) is 1.39. The highest BCUT2D eigenvalue weighted by Gasteiger charge is 2.64. The number of ketones is 1. The van der Waals surface area contributed by atoms with Gasteiger partial charge in [0.25, 0.3) is 0 Å². The lowest BCUT2D eigenvalue weighted by atomic mass is 9.46. The third-order valence-electron chi connectivity index (χ3n) is 12.7. The molecule has 0 radical (unpaired) electrons. The Kier molecular flexibility index (Phi) is 8.97. The smallest absolute Gasteiger partial charge is 0.336 e. The van der Waals surface area contributed by atoms with Gasteiger partial charge in [-0.05, 0) is 81.1 Å². The Morgan fingerprint density at radius 3 is 2.51 bits per heavy atom. The van der Waals surface area contributed by atoms with Crippen molar-refractivity contribution < 1.29 is 54.4 Å². The van der Waals surface area contributed by atoms with Gasteiger partial charge in [0.2, 0.25) is 0 Å². The molecule has 0 bridgehead atoms. The van der Waals surface area contributed by atoms with E-state index in [9.17, 15) is 40.2 Å². The van der Waals surface area contributed by atoms with Crippen LogP contribution in [0.3, 0.4) is 0 Å². The van der Waals surface area contributed by atoms with E-state index in [-0.39, 0.29) is 55.2 Å². The molecule has 2 aliphatic heterocycles. The van der Waals surface area contributed by atoms with Gasteiger partial charge < -0.3 is 44.8 Å². The van der Waals surface area contributed by atoms with Crippen molar-refractivity contribution in [1.29, 1.82) is 0 Å². The molecule has 2 saturated carbocycles. The van der Waals surface area contributed by atoms with Crippen LogP contribution in [0.15, 0.2) is 34.9 Å². The van der Waals surface area contributed by atoms with E-state index in [1.54, 1.807) is 6.08 Å². The Bertz CT molecular complexity index is 1270. The molecule has 11 heteroatoms. The lowest BCUT2D eigenvalue weighted by molar-refractivity contribution is -0.288. The zero-order valence-corrected chi connectivity index (χ0v) is 26.2. The number of ether oxygens (including phenoxy) is 3. The number of fused-ring (bicyclic) bond motifs is 5. The quantitative estimate of drug-likeness (QED) is 0.174. The number of rotatable bonds is 7. The molecule has 1 saturated heterocycles. The third-order valence-corrected chi connectivity index (χ3v) is 12.7. The predicted molar refractivity (Wildman–Crippen MR) is 159 cm³/mol. The molecule has 0 unspecified atom stereocenters. The number of carbonyl (C=O) groups excluding carboxylic acids is 2. The summed E-state index contributed by atoms with van der Waals surface area (Å²) in [5.41, 5.74) is 1.15. The van der Waals surface area contributed by atoms with Crippen molar-refractivity contribution in [2.24, 2.45) is 40.4 Å². The van der Waals surface area contributed by atoms with Gasteiger partial charge in [0.1, 0.15) is 30.5 Å². The van der Waals surface area contributed by atoms with Crippen molar-refractivity contribution in [3.63, 3.8) is 0 Å². The van der Waals surface area contributed by atoms with Crippen LogP contribution >= 0.6 is 0 Å². The highest BCUT2D eigenvalue weighted by Crippen LogP contribution is 2.66. The van der Waals surface area contributed by atoms with Gasteiger partial charge in [-0.25, -0.2) is 4.79 Å². The largest absolute Gasteiger partial charge is 0.458 e. The normalized spacial score (nSPS) is 47.0. The molecule has 0 aromatic heterocycles. The van der Waals surface area contributed by atoms with Crippen LogP contribution in [0.4, 0.5) is 0 Å². The minimum atomic E-state index is -1.68. The molecule has 0 aromatic rings. The highest BCUT2D eigenvalue weighted by molar-refractivity contribution is 5.98. The van der Waals surface area contributed by atoms with Crippen LogP contribution in [0, 0.1) is 40.4 Å². The molecule has 45 heavy (non-hydrogen) atoms. The standard InChI is InChI=1S/C34H48O11/c1-16-11-24(44-31(41)20(16)14-43-15-25-28(38)29(39)30(40)32(42)45-25)19(13-35)22-10-9-21-18-8-7-17-5-4-6-26(36)33(17,2)23(18)12-27(37)34(21,22)3/h4,6-7,18-19,21-25,27-30,32,35,37-40,42H,5,8-15H2,1-3H3/t18-,19-,21-,22+,23-,24+,25+,27-,28+,29-,30+,32+,33-,34-/m0/s1. The molecule has 14 atom stereocenters. The lowest BCUT2D eigenvalue weighted by Crippen LogP contribution is -2.58. The van der Waals surface area contributed by atoms with Crippen molar-refractivity contribution in [2.75, 3.05) is 19.8 Å². The van der Waals surface area contributed by atoms with Gasteiger partial charge in [0.15, 0.2) is 12.1 Å². The van der Waals surface area contributed by atoms with E-state index in [1.807, 2.05) is 13.0 Å². The lowest BCUT2D eigenvalue weighted by Gasteiger charge is -2.58. The summed E-state index contributed by atoms with van der Waals surface area (Å²) >= 11 is 0. The molecule has 250 valence electrons. The molecule has 2 heterocycles. The van der Waals surface area contributed by atoms with Crippen LogP contribution in [0.25, 0.3) is 0 Å². The van der Waals surface area contributed by atoms with E-state index < -0.39 is 59.7 Å². The maximum atomic E-state index is 13.2. The highest BCUT2D eigenvalue weighted by atomic mass is 16.6. The van der Waals surface area contributed by atoms with Crippen LogP contribution < -0.4 is 0 Å². The molecule has 6 N–H and O–H groups in total. The van der Waals surface area contributed by atoms with Crippen molar-refractivity contribution in [3.8, 4) is 0 Å². The Morgan fingerprint density at radius 2 is 1.80 bits per heavy atom. The van der Waals surface area contributed by atoms with Gasteiger partial charge in [-0.3, -0.25) is 4.79 Å². The Morgan fingerprint density at radius 1 is 1.04 bits per heavy atom. The molecule has 6 aliphatic rings. The van der Waals surface area contributed by atoms with E-state index in [0.29, 0.717) is 18.4 Å². The second kappa shape index (κ2) is 12.2. The van der Waals surface area contributed by atoms with Crippen LogP contribution in [-0.4, -0.2) is 105 Å². The first-order valence-electron chi connectivity index (χ1n) is 16.4. The van der Waals surface area contributed by atoms with Crippen LogP contribution in [0.2, 0.25) is 0 Å². The Labute approximate surface area is 263 Å². The van der Waals surface area contributed by atoms with Gasteiger partial charge >= 0.3 is 5.97 Å². The molecule has 0 aromatic carbocycles. The average Bonchev–Trinajstić information content (AvgIpc) is 3.36. The fourth-order valence-corrected chi connectivity index (χ4v) is 9.99. The minimum absolute atomic E-state index is 0.0614. The maximum absolute atomic E-state index is 13.2. The third kappa shape index (κ3) is 5.18. The van der Waals surface area contributed by atoms with Crippen molar-refractivity contribution in [3.05, 3.63) is 34.9 Å². The number of hydrogen-bond donors (Lipinski definition) is 6. The van der Waals surface area contributed by atoms with Gasteiger partial charge in [-0.1, -0.05) is 30.2 Å². The minimum Gasteiger partial charge on any atom is -0.458 e. The average molecular weight is 633 g/mol. The number of esters is 1. The number of allylic oxidation sites excluding steroid dienone is 4. The summed E-state index contributed by atoms with van der Waals surface area (Å²) < 4.78 is 16.7. The topological polar surface area (TPSA) is 183 Å². The summed E-state index contributed by atoms with van der Waals surface area (Å²) in [5, 5.41) is 62.1. The number of cyclic esters (lactones) is 1. The fourth-order valence-electron chi connectivity index (χ4n) is 9.99. The summed E-state index contributed by atoms with van der Waals surface area (Å²) in [6.45, 7) is 5.43. The molecule has 3 fully saturated rings. The van der Waals surface area contributed by atoms with E-state index >= 15 is 0 Å². The summed E-state index contributed by atoms with van der Waals surface area (Å²) in [5.74, 6) is -0.402. The van der Waals surface area contributed by atoms with Crippen LogP contribution in [0.5, 0.6) is 0 Å². The van der Waals surface area contributed by atoms with Crippen molar-refractivity contribution >= 4 is 11.8 Å². The molecule has 0 spiro atoms. The first-order chi connectivity index (χ1) is 21.3. The molecule has 0 amide bonds. The number of hydrogen-bond acceptors (Lipinski definition) is 11. The fraction of sp³-hybridized carbons (Fsp3) is 0.765. The predicted octanol–water partition coefficient (Wildman–Crippen LogP) is 0.938. The van der Waals surface area contributed by atoms with E-state index in [0.717, 1.165) is 31.3 Å². The summed E-state index contributed by atoms with van der Waals surface area (Å²) in [7, 11) is 0. The van der Waals surface area contributed by atoms with Gasteiger partial charge in [-0.15, -0.1) is 0 Å². The summed E-state index contributed by atoms with van der Waals surface area (Å²) in [4.78, 5) is 26.5. The molecule has 4 aliphatic carbocycles. The number of aliphatic hydroxyl groups is 6. The maximum Gasteiger partial charge on any atom is 0.336 e. The van der Waals surface area contributed by atoms with Gasteiger partial charge in [0, 0.05) is 18.9 Å². The van der Waals surface area contributed by atoms with E-state index in [1.165, 1.54) is 5.57 Å². The van der Waals surface area contributed by atoms with Crippen LogP contribution in [-0.2, 0) is 23.8 Å². The summed E-state index contributed by atoms with van der Waals surface area (Å²) in [6, 6.07) is 0. The first kappa shape index (κ1) is 33.0. The zero-order chi connectivity index (χ0) is 32.4. The van der Waals surface area contributed by atoms with Gasteiger partial charge in [0.05, 0.1) is 30.3 Å². The van der Waals surface area contributed by atoms with Gasteiger partial charge in [-0.2, -0.15) is 0 Å². The molecular formula is C34H48O11. The molecule has 11 nitrogen and oxygen atoms in total. The Hall–Kier alpha value is -1.96. The monoisotopic (exact) mass is 632 g/mol. The zero-order valence-electron chi connectivity index (χ0n) is 26.2. The first-order valence-corrected chi connectivity index (χ1v) is 16.4. The van der Waals surface area contributed by atoms with Crippen LogP contribution in [0.1, 0.15) is 59.3 Å². The van der Waals surface area contributed by atoms with E-state index in [4.69, 9.17) is 14.2 Å². The second-order valence-electron chi connectivity index (χ2n) is 14.6. The van der Waals surface area contributed by atoms with Crippen molar-refractivity contribution in [1.82, 2.24) is 0 Å². The SMILES string of the molecule is CC1=C(COC[C@H]2O[C@@H](O)[C@H](O)[C@@H](O)[C@@H]2O)C(=O)O[C@@H]([C@@H](CO)[C@H]2CC[C@H]3[C@@H]4CC=C5CC=CC(=O)[C@]5(C)[C@H]4C[C@H](O)[C@]23C)C1. The second-order valence-corrected chi connectivity index (χ2v) is 14.6. The molecular weight excluding hydrogens is 584 g/mol. The Balaban J connectivity index is 1.14. The number of carbonyl (C=O) groups is 2.